The first-order chi connectivity index (χ1) is 6.44. The average Bonchev–Trinajstić information content (AvgIpc) is 2.10. The highest BCUT2D eigenvalue weighted by Crippen LogP contribution is 2.36. The van der Waals surface area contributed by atoms with E-state index >= 15 is 0 Å². The molecule has 0 aromatic carbocycles. The minimum absolute atomic E-state index is 0.00487. The summed E-state index contributed by atoms with van der Waals surface area (Å²) < 4.78 is 1.97. The molecule has 1 rings (SSSR count). The van der Waals surface area contributed by atoms with Gasteiger partial charge in [0.25, 0.3) is 0 Å². The Balaban J connectivity index is 2.87. The summed E-state index contributed by atoms with van der Waals surface area (Å²) in [7, 11) is 0. The summed E-state index contributed by atoms with van der Waals surface area (Å²) in [6, 6.07) is 1.99. The van der Waals surface area contributed by atoms with Crippen molar-refractivity contribution in [3.63, 3.8) is 0 Å². The zero-order valence-corrected chi connectivity index (χ0v) is 12.6. The van der Waals surface area contributed by atoms with Gasteiger partial charge in [-0.1, -0.05) is 11.8 Å². The van der Waals surface area contributed by atoms with Gasteiger partial charge in [0.15, 0.2) is 0 Å². The molecule has 0 aliphatic rings. The van der Waals surface area contributed by atoms with Crippen molar-refractivity contribution < 1.29 is 0 Å². The van der Waals surface area contributed by atoms with E-state index in [1.165, 1.54) is 0 Å². The average molecular weight is 360 g/mol. The van der Waals surface area contributed by atoms with E-state index in [-0.39, 0.29) is 4.75 Å². The zero-order chi connectivity index (χ0) is 10.8. The monoisotopic (exact) mass is 357 g/mol. The Morgan fingerprint density at radius 2 is 2.14 bits per heavy atom. The third-order valence-corrected chi connectivity index (χ3v) is 4.81. The Labute approximate surface area is 110 Å². The lowest BCUT2D eigenvalue weighted by Gasteiger charge is -2.20. The molecule has 1 nitrogen and oxygen atoms in total. The van der Waals surface area contributed by atoms with Gasteiger partial charge in [0.1, 0.15) is 5.03 Å². The first-order valence-corrected chi connectivity index (χ1v) is 6.94. The number of alkyl halides is 1. The molecule has 0 amide bonds. The van der Waals surface area contributed by atoms with Crippen molar-refractivity contribution in [3.8, 4) is 0 Å². The lowest BCUT2D eigenvalue weighted by atomic mass is 10.2. The van der Waals surface area contributed by atoms with E-state index in [9.17, 15) is 0 Å². The van der Waals surface area contributed by atoms with Gasteiger partial charge in [-0.2, -0.15) is 0 Å². The maximum atomic E-state index is 5.85. The second-order valence-corrected chi connectivity index (χ2v) is 7.17. The minimum atomic E-state index is 0.00487. The highest BCUT2D eigenvalue weighted by molar-refractivity contribution is 9.11. The molecule has 0 fully saturated rings. The predicted molar refractivity (Wildman–Crippen MR) is 70.3 cm³/mol. The van der Waals surface area contributed by atoms with Crippen molar-refractivity contribution in [2.24, 2.45) is 0 Å². The van der Waals surface area contributed by atoms with Gasteiger partial charge in [0, 0.05) is 21.3 Å². The number of aromatic nitrogens is 1. The lowest BCUT2D eigenvalue weighted by Crippen LogP contribution is -2.16. The highest BCUT2D eigenvalue weighted by Gasteiger charge is 2.20. The second-order valence-electron chi connectivity index (χ2n) is 3.44. The van der Waals surface area contributed by atoms with Crippen molar-refractivity contribution in [2.45, 2.75) is 23.6 Å². The molecule has 1 aromatic heterocycles. The van der Waals surface area contributed by atoms with Gasteiger partial charge in [0.05, 0.1) is 4.47 Å². The van der Waals surface area contributed by atoms with Crippen LogP contribution in [0.4, 0.5) is 0 Å². The first kappa shape index (κ1) is 12.8. The Hall–Kier alpha value is 0.750. The van der Waals surface area contributed by atoms with Gasteiger partial charge in [-0.05, 0) is 51.8 Å². The number of thioether (sulfide) groups is 1. The molecule has 0 bridgehead atoms. The first-order valence-electron chi connectivity index (χ1n) is 4.00. The number of nitrogens with zero attached hydrogens (tertiary/aromatic N) is 1. The molecule has 0 saturated heterocycles. The summed E-state index contributed by atoms with van der Waals surface area (Å²) in [6.07, 6.45) is 1.79. The third kappa shape index (κ3) is 3.72. The number of hydrogen-bond acceptors (Lipinski definition) is 2. The minimum Gasteiger partial charge on any atom is -0.248 e. The SMILES string of the molecule is CC(C)(CCl)Sc1ncc(Br)cc1Br. The summed E-state index contributed by atoms with van der Waals surface area (Å²) in [5.74, 6) is 0.599. The van der Waals surface area contributed by atoms with Crippen LogP contribution in [0, 0.1) is 0 Å². The summed E-state index contributed by atoms with van der Waals surface area (Å²) in [5, 5.41) is 0.971. The van der Waals surface area contributed by atoms with Crippen LogP contribution in [0.25, 0.3) is 0 Å². The van der Waals surface area contributed by atoms with E-state index in [0.717, 1.165) is 14.0 Å². The van der Waals surface area contributed by atoms with Crippen LogP contribution in [-0.2, 0) is 0 Å². The van der Waals surface area contributed by atoms with E-state index < -0.39 is 0 Å². The Morgan fingerprint density at radius 1 is 1.50 bits per heavy atom. The van der Waals surface area contributed by atoms with E-state index in [1.807, 2.05) is 6.07 Å². The Morgan fingerprint density at radius 3 is 2.64 bits per heavy atom. The van der Waals surface area contributed by atoms with E-state index in [2.05, 4.69) is 50.7 Å². The van der Waals surface area contributed by atoms with Crippen LogP contribution in [-0.4, -0.2) is 15.6 Å². The summed E-state index contributed by atoms with van der Waals surface area (Å²) >= 11 is 14.4. The number of hydrogen-bond donors (Lipinski definition) is 0. The van der Waals surface area contributed by atoms with E-state index in [1.54, 1.807) is 18.0 Å². The quantitative estimate of drug-likeness (QED) is 0.572. The molecule has 5 heteroatoms. The molecule has 0 atom stereocenters. The Bertz CT molecular complexity index is 331. The Kier molecular flexibility index (Phi) is 4.75. The maximum absolute atomic E-state index is 5.85. The molecular formula is C9H10Br2ClNS. The number of halogens is 3. The molecule has 0 aliphatic heterocycles. The molecule has 0 unspecified atom stereocenters. The fourth-order valence-corrected chi connectivity index (χ4v) is 3.00. The van der Waals surface area contributed by atoms with Crippen molar-refractivity contribution in [2.75, 3.05) is 5.88 Å². The highest BCUT2D eigenvalue weighted by atomic mass is 79.9. The lowest BCUT2D eigenvalue weighted by molar-refractivity contribution is 0.806. The molecule has 0 N–H and O–H groups in total. The van der Waals surface area contributed by atoms with Crippen LogP contribution in [0.15, 0.2) is 26.2 Å². The van der Waals surface area contributed by atoms with Crippen molar-refractivity contribution in [1.82, 2.24) is 4.98 Å². The van der Waals surface area contributed by atoms with Crippen LogP contribution >= 0.6 is 55.2 Å². The molecule has 1 aromatic rings. The smallest absolute Gasteiger partial charge is 0.111 e. The van der Waals surface area contributed by atoms with Crippen molar-refractivity contribution in [3.05, 3.63) is 21.2 Å². The number of rotatable bonds is 3. The molecule has 0 spiro atoms. The van der Waals surface area contributed by atoms with Crippen molar-refractivity contribution >= 4 is 55.2 Å². The van der Waals surface area contributed by atoms with Gasteiger partial charge in [-0.25, -0.2) is 4.98 Å². The fourth-order valence-electron chi connectivity index (χ4n) is 0.766. The van der Waals surface area contributed by atoms with Gasteiger partial charge < -0.3 is 0 Å². The van der Waals surface area contributed by atoms with Gasteiger partial charge in [-0.3, -0.25) is 0 Å². The topological polar surface area (TPSA) is 12.9 Å². The predicted octanol–water partition coefficient (Wildman–Crippen LogP) is 4.72. The molecule has 0 aliphatic carbocycles. The summed E-state index contributed by atoms with van der Waals surface area (Å²) in [5.41, 5.74) is 0. The molecule has 14 heavy (non-hydrogen) atoms. The van der Waals surface area contributed by atoms with Gasteiger partial charge >= 0.3 is 0 Å². The summed E-state index contributed by atoms with van der Waals surface area (Å²) in [4.78, 5) is 4.32. The van der Waals surface area contributed by atoms with E-state index in [4.69, 9.17) is 11.6 Å². The number of pyridine rings is 1. The molecule has 0 radical (unpaired) electrons. The van der Waals surface area contributed by atoms with Crippen LogP contribution in [0.1, 0.15) is 13.8 Å². The normalized spacial score (nSPS) is 11.8. The zero-order valence-electron chi connectivity index (χ0n) is 7.85. The second kappa shape index (κ2) is 5.19. The van der Waals surface area contributed by atoms with Gasteiger partial charge in [-0.15, -0.1) is 11.6 Å². The maximum Gasteiger partial charge on any atom is 0.111 e. The standard InChI is InChI=1S/C9H10Br2ClNS/c1-9(2,5-12)14-8-7(11)3-6(10)4-13-8/h3-4H,5H2,1-2H3. The largest absolute Gasteiger partial charge is 0.248 e. The van der Waals surface area contributed by atoms with Gasteiger partial charge in [0.2, 0.25) is 0 Å². The molecule has 0 saturated carbocycles. The molecular weight excluding hydrogens is 349 g/mol. The van der Waals surface area contributed by atoms with Crippen molar-refractivity contribution in [1.29, 1.82) is 0 Å². The van der Waals surface area contributed by atoms with E-state index in [0.29, 0.717) is 5.88 Å². The van der Waals surface area contributed by atoms with Crippen LogP contribution < -0.4 is 0 Å². The third-order valence-electron chi connectivity index (χ3n) is 1.47. The van der Waals surface area contributed by atoms with Crippen LogP contribution in [0.3, 0.4) is 0 Å². The molecule has 78 valence electrons. The summed E-state index contributed by atoms with van der Waals surface area (Å²) in [6.45, 7) is 4.20. The van der Waals surface area contributed by atoms with Crippen LogP contribution in [0.2, 0.25) is 0 Å². The van der Waals surface area contributed by atoms with Crippen LogP contribution in [0.5, 0.6) is 0 Å². The molecule has 1 heterocycles. The fraction of sp³-hybridized carbons (Fsp3) is 0.444.